The highest BCUT2D eigenvalue weighted by Gasteiger charge is 2.13. The molecular weight excluding hydrogens is 225 g/mol. The average Bonchev–Trinajstić information content (AvgIpc) is 2.09. The molecule has 4 nitrogen and oxygen atoms in total. The molecule has 0 aliphatic carbocycles. The highest BCUT2D eigenvalue weighted by Crippen LogP contribution is 2.27. The summed E-state index contributed by atoms with van der Waals surface area (Å²) < 4.78 is 0. The Hall–Kier alpha value is -1.00. The lowest BCUT2D eigenvalue weighted by atomic mass is 10.2. The van der Waals surface area contributed by atoms with Gasteiger partial charge in [0.15, 0.2) is 0 Å². The number of carbonyl (C=O) groups is 1. The molecule has 0 aromatic carbocycles. The van der Waals surface area contributed by atoms with E-state index < -0.39 is 6.03 Å². The molecule has 1 rings (SSSR count). The van der Waals surface area contributed by atoms with Crippen LogP contribution in [0.2, 0.25) is 10.3 Å². The third kappa shape index (κ3) is 2.08. The minimum absolute atomic E-state index is 0.226. The molecule has 76 valence electrons. The maximum absolute atomic E-state index is 10.9. The Morgan fingerprint density at radius 3 is 2.64 bits per heavy atom. The Morgan fingerprint density at radius 2 is 2.14 bits per heavy atom. The van der Waals surface area contributed by atoms with Gasteiger partial charge < -0.3 is 5.73 Å². The lowest BCUT2D eigenvalue weighted by Gasteiger charge is -2.17. The van der Waals surface area contributed by atoms with E-state index in [1.807, 2.05) is 0 Å². The zero-order chi connectivity index (χ0) is 10.9. The number of aromatic nitrogens is 1. The van der Waals surface area contributed by atoms with Gasteiger partial charge in [0.2, 0.25) is 0 Å². The number of primary amides is 1. The second-order valence-electron chi connectivity index (χ2n) is 2.78. The van der Waals surface area contributed by atoms with Gasteiger partial charge in [0.05, 0.1) is 5.69 Å². The van der Waals surface area contributed by atoms with Crippen LogP contribution in [0.15, 0.2) is 6.07 Å². The summed E-state index contributed by atoms with van der Waals surface area (Å²) in [5.41, 5.74) is 6.34. The molecule has 0 aliphatic rings. The summed E-state index contributed by atoms with van der Waals surface area (Å²) in [5.74, 6) is 0. The summed E-state index contributed by atoms with van der Waals surface area (Å²) in [4.78, 5) is 16.0. The Bertz CT molecular complexity index is 381. The molecule has 0 fully saturated rings. The number of hydrogen-bond acceptors (Lipinski definition) is 2. The number of pyridine rings is 1. The Morgan fingerprint density at radius 1 is 1.57 bits per heavy atom. The van der Waals surface area contributed by atoms with Crippen molar-refractivity contribution in [3.63, 3.8) is 0 Å². The molecule has 0 aliphatic heterocycles. The lowest BCUT2D eigenvalue weighted by molar-refractivity contribution is 0.255. The van der Waals surface area contributed by atoms with E-state index >= 15 is 0 Å². The second kappa shape index (κ2) is 4.02. The van der Waals surface area contributed by atoms with Gasteiger partial charge in [-0.2, -0.15) is 0 Å². The predicted octanol–water partition coefficient (Wildman–Crippen LogP) is 2.21. The van der Waals surface area contributed by atoms with Crippen LogP contribution in [0.3, 0.4) is 0 Å². The fourth-order valence-corrected chi connectivity index (χ4v) is 1.42. The average molecular weight is 234 g/mol. The van der Waals surface area contributed by atoms with Crippen LogP contribution >= 0.6 is 23.2 Å². The quantitative estimate of drug-likeness (QED) is 0.757. The molecule has 0 bridgehead atoms. The van der Waals surface area contributed by atoms with Crippen LogP contribution < -0.4 is 10.6 Å². The largest absolute Gasteiger partial charge is 0.351 e. The van der Waals surface area contributed by atoms with E-state index in [1.54, 1.807) is 6.92 Å². The lowest BCUT2D eigenvalue weighted by Crippen LogP contribution is -2.32. The second-order valence-corrected chi connectivity index (χ2v) is 3.52. The number of rotatable bonds is 1. The normalized spacial score (nSPS) is 10.0. The highest BCUT2D eigenvalue weighted by atomic mass is 35.5. The van der Waals surface area contributed by atoms with E-state index in [2.05, 4.69) is 4.98 Å². The van der Waals surface area contributed by atoms with Crippen molar-refractivity contribution in [3.05, 3.63) is 21.9 Å². The van der Waals surface area contributed by atoms with Gasteiger partial charge in [-0.25, -0.2) is 9.78 Å². The molecule has 6 heteroatoms. The van der Waals surface area contributed by atoms with Gasteiger partial charge in [-0.05, 0) is 13.0 Å². The Labute approximate surface area is 91.6 Å². The van der Waals surface area contributed by atoms with Crippen LogP contribution in [0.5, 0.6) is 0 Å². The minimum Gasteiger partial charge on any atom is -0.351 e. The molecule has 2 amide bonds. The molecule has 1 aromatic rings. The monoisotopic (exact) mass is 233 g/mol. The third-order valence-electron chi connectivity index (χ3n) is 1.85. The van der Waals surface area contributed by atoms with Crippen molar-refractivity contribution in [2.45, 2.75) is 6.92 Å². The molecule has 0 saturated carbocycles. The van der Waals surface area contributed by atoms with Crippen molar-refractivity contribution < 1.29 is 4.79 Å². The Kier molecular flexibility index (Phi) is 3.18. The first-order valence-corrected chi connectivity index (χ1v) is 4.55. The van der Waals surface area contributed by atoms with Gasteiger partial charge in [0.1, 0.15) is 10.3 Å². The smallest absolute Gasteiger partial charge is 0.319 e. The number of urea groups is 1. The number of carbonyl (C=O) groups excluding carboxylic acids is 1. The van der Waals surface area contributed by atoms with Gasteiger partial charge in [-0.3, -0.25) is 4.90 Å². The van der Waals surface area contributed by atoms with Crippen molar-refractivity contribution in [1.82, 2.24) is 4.98 Å². The van der Waals surface area contributed by atoms with Gasteiger partial charge >= 0.3 is 6.03 Å². The summed E-state index contributed by atoms with van der Waals surface area (Å²) in [5, 5.41) is 0.490. The van der Waals surface area contributed by atoms with Crippen molar-refractivity contribution in [1.29, 1.82) is 0 Å². The number of nitrogens with two attached hydrogens (primary N) is 1. The van der Waals surface area contributed by atoms with Crippen LogP contribution in [-0.4, -0.2) is 18.1 Å². The molecule has 14 heavy (non-hydrogen) atoms. The van der Waals surface area contributed by atoms with Crippen LogP contribution in [0.25, 0.3) is 0 Å². The van der Waals surface area contributed by atoms with E-state index in [0.29, 0.717) is 11.3 Å². The summed E-state index contributed by atoms with van der Waals surface area (Å²) in [7, 11) is 1.54. The maximum Gasteiger partial charge on any atom is 0.319 e. The molecule has 0 unspecified atom stereocenters. The van der Waals surface area contributed by atoms with Gasteiger partial charge in [0.25, 0.3) is 0 Å². The number of hydrogen-bond donors (Lipinski definition) is 1. The molecule has 0 saturated heterocycles. The van der Waals surface area contributed by atoms with Gasteiger partial charge in [-0.1, -0.05) is 23.2 Å². The van der Waals surface area contributed by atoms with E-state index in [0.717, 1.165) is 0 Å². The number of amides is 2. The molecule has 1 aromatic heterocycles. The standard InChI is InChI=1S/C8H9Cl2N3O/c1-4-5(13(2)8(11)14)3-6(9)12-7(4)10/h3H,1-2H3,(H2,11,14). The van der Waals surface area contributed by atoms with E-state index in [4.69, 9.17) is 28.9 Å². The van der Waals surface area contributed by atoms with Crippen molar-refractivity contribution in [2.75, 3.05) is 11.9 Å². The zero-order valence-electron chi connectivity index (χ0n) is 7.71. The molecule has 1 heterocycles. The van der Waals surface area contributed by atoms with Crippen LogP contribution in [0.4, 0.5) is 10.5 Å². The van der Waals surface area contributed by atoms with Crippen molar-refractivity contribution >= 4 is 34.9 Å². The molecule has 2 N–H and O–H groups in total. The fraction of sp³-hybridized carbons (Fsp3) is 0.250. The van der Waals surface area contributed by atoms with Crippen molar-refractivity contribution in [3.8, 4) is 0 Å². The van der Waals surface area contributed by atoms with Crippen LogP contribution in [0.1, 0.15) is 5.56 Å². The maximum atomic E-state index is 10.9. The molecular formula is C8H9Cl2N3O. The first-order chi connectivity index (χ1) is 6.43. The molecule has 0 atom stereocenters. The first-order valence-electron chi connectivity index (χ1n) is 3.79. The van der Waals surface area contributed by atoms with Crippen LogP contribution in [0, 0.1) is 6.92 Å². The highest BCUT2D eigenvalue weighted by molar-refractivity contribution is 6.33. The topological polar surface area (TPSA) is 59.2 Å². The summed E-state index contributed by atoms with van der Waals surface area (Å²) in [6, 6.07) is 0.958. The fourth-order valence-electron chi connectivity index (χ4n) is 1.00. The summed E-state index contributed by atoms with van der Waals surface area (Å²) in [6.45, 7) is 1.74. The number of anilines is 1. The van der Waals surface area contributed by atoms with Gasteiger partial charge in [-0.15, -0.1) is 0 Å². The SMILES string of the molecule is Cc1c(N(C)C(N)=O)cc(Cl)nc1Cl. The summed E-state index contributed by atoms with van der Waals surface area (Å²) >= 11 is 11.5. The van der Waals surface area contributed by atoms with E-state index in [1.165, 1.54) is 18.0 Å². The third-order valence-corrected chi connectivity index (χ3v) is 2.41. The molecule has 0 radical (unpaired) electrons. The van der Waals surface area contributed by atoms with Crippen LogP contribution in [-0.2, 0) is 0 Å². The number of nitrogens with zero attached hydrogens (tertiary/aromatic N) is 2. The molecule has 0 spiro atoms. The minimum atomic E-state index is -0.577. The van der Waals surface area contributed by atoms with Crippen molar-refractivity contribution in [2.24, 2.45) is 5.73 Å². The Balaban J connectivity index is 3.26. The van der Waals surface area contributed by atoms with Gasteiger partial charge in [0, 0.05) is 12.6 Å². The number of halogens is 2. The van der Waals surface area contributed by atoms with E-state index in [9.17, 15) is 4.79 Å². The first kappa shape index (κ1) is 11.1. The van der Waals surface area contributed by atoms with E-state index in [-0.39, 0.29) is 10.3 Å². The zero-order valence-corrected chi connectivity index (χ0v) is 9.23. The summed E-state index contributed by atoms with van der Waals surface area (Å²) in [6.07, 6.45) is 0. The predicted molar refractivity (Wildman–Crippen MR) is 57.0 cm³/mol.